The number of amides is 2. The van der Waals surface area contributed by atoms with Gasteiger partial charge in [0.25, 0.3) is 0 Å². The van der Waals surface area contributed by atoms with Crippen molar-refractivity contribution < 1.29 is 19.5 Å². The lowest BCUT2D eigenvalue weighted by atomic mass is 10.0. The van der Waals surface area contributed by atoms with Crippen LogP contribution < -0.4 is 10.6 Å². The second kappa shape index (κ2) is 5.65. The lowest BCUT2D eigenvalue weighted by Gasteiger charge is -2.15. The highest BCUT2D eigenvalue weighted by atomic mass is 16.4. The molecule has 0 spiro atoms. The minimum Gasteiger partial charge on any atom is -0.481 e. The van der Waals surface area contributed by atoms with E-state index in [4.69, 9.17) is 5.11 Å². The van der Waals surface area contributed by atoms with Crippen LogP contribution in [0.1, 0.15) is 26.2 Å². The van der Waals surface area contributed by atoms with Crippen molar-refractivity contribution in [3.8, 4) is 0 Å². The molecule has 0 aromatic heterocycles. The molecule has 6 nitrogen and oxygen atoms in total. The van der Waals surface area contributed by atoms with Gasteiger partial charge in [0.2, 0.25) is 11.8 Å². The summed E-state index contributed by atoms with van der Waals surface area (Å²) in [5.41, 5.74) is 0. The van der Waals surface area contributed by atoms with E-state index < -0.39 is 17.9 Å². The lowest BCUT2D eigenvalue weighted by Crippen LogP contribution is -2.45. The molecule has 1 unspecified atom stereocenters. The highest BCUT2D eigenvalue weighted by Crippen LogP contribution is 2.31. The van der Waals surface area contributed by atoms with Crippen LogP contribution in [-0.2, 0) is 14.4 Å². The number of hydrogen-bond donors (Lipinski definition) is 3. The quantitative estimate of drug-likeness (QED) is 0.632. The monoisotopic (exact) mass is 242 g/mol. The topological polar surface area (TPSA) is 95.5 Å². The smallest absolute Gasteiger partial charge is 0.306 e. The van der Waals surface area contributed by atoms with E-state index in [1.807, 2.05) is 0 Å². The average Bonchev–Trinajstić information content (AvgIpc) is 2.77. The molecule has 0 aromatic rings. The van der Waals surface area contributed by atoms with E-state index in [-0.39, 0.29) is 17.7 Å². The third-order valence-corrected chi connectivity index (χ3v) is 3.15. The summed E-state index contributed by atoms with van der Waals surface area (Å²) in [6.45, 7) is 1.60. The van der Waals surface area contributed by atoms with Crippen LogP contribution in [0.4, 0.5) is 0 Å². The number of carbonyl (C=O) groups is 3. The number of carbonyl (C=O) groups excluding carboxylic acids is 2. The van der Waals surface area contributed by atoms with Gasteiger partial charge in [-0.05, 0) is 26.2 Å². The zero-order valence-corrected chi connectivity index (χ0v) is 10.0. The standard InChI is InChI=1S/C11H18N2O4/c1-6(9(14)12-2)13-10(15)7-3-4-8(5-7)11(16)17/h6-8H,3-5H2,1-2H3,(H,12,14)(H,13,15)(H,16,17)/t6?,7-,8+/m1/s1. The number of carboxylic acids is 1. The summed E-state index contributed by atoms with van der Waals surface area (Å²) >= 11 is 0. The molecule has 0 heterocycles. The summed E-state index contributed by atoms with van der Waals surface area (Å²) in [5.74, 6) is -2.06. The first-order valence-corrected chi connectivity index (χ1v) is 5.70. The molecular formula is C11H18N2O4. The van der Waals surface area contributed by atoms with Crippen molar-refractivity contribution in [3.05, 3.63) is 0 Å². The van der Waals surface area contributed by atoms with Gasteiger partial charge in [0.15, 0.2) is 0 Å². The number of aliphatic carboxylic acids is 1. The zero-order valence-electron chi connectivity index (χ0n) is 10.0. The number of rotatable bonds is 4. The molecular weight excluding hydrogens is 224 g/mol. The molecule has 1 fully saturated rings. The Hall–Kier alpha value is -1.59. The highest BCUT2D eigenvalue weighted by Gasteiger charge is 2.34. The van der Waals surface area contributed by atoms with Gasteiger partial charge in [-0.2, -0.15) is 0 Å². The fraction of sp³-hybridized carbons (Fsp3) is 0.727. The van der Waals surface area contributed by atoms with Crippen LogP contribution in [0.3, 0.4) is 0 Å². The Morgan fingerprint density at radius 1 is 1.24 bits per heavy atom. The molecule has 2 amide bonds. The number of nitrogens with one attached hydrogen (secondary N) is 2. The highest BCUT2D eigenvalue weighted by molar-refractivity contribution is 5.88. The van der Waals surface area contributed by atoms with Gasteiger partial charge in [-0.1, -0.05) is 0 Å². The van der Waals surface area contributed by atoms with E-state index in [0.29, 0.717) is 19.3 Å². The SMILES string of the molecule is CNC(=O)C(C)NC(=O)[C@@H]1CC[C@H](C(=O)O)C1. The van der Waals surface area contributed by atoms with Crippen molar-refractivity contribution in [2.45, 2.75) is 32.2 Å². The molecule has 0 saturated heterocycles. The van der Waals surface area contributed by atoms with Crippen molar-refractivity contribution in [3.63, 3.8) is 0 Å². The van der Waals surface area contributed by atoms with Gasteiger partial charge in [0.1, 0.15) is 6.04 Å². The Labute approximate surface area is 99.8 Å². The van der Waals surface area contributed by atoms with E-state index in [9.17, 15) is 14.4 Å². The first kappa shape index (κ1) is 13.5. The Bertz CT molecular complexity index is 329. The number of likely N-dealkylation sites (N-methyl/N-ethyl adjacent to an activating group) is 1. The zero-order chi connectivity index (χ0) is 13.0. The molecule has 96 valence electrons. The summed E-state index contributed by atoms with van der Waals surface area (Å²) in [6.07, 6.45) is 1.46. The number of hydrogen-bond acceptors (Lipinski definition) is 3. The van der Waals surface area contributed by atoms with Gasteiger partial charge in [-0.25, -0.2) is 0 Å². The molecule has 1 saturated carbocycles. The molecule has 1 aliphatic rings. The first-order chi connectivity index (χ1) is 7.95. The molecule has 0 bridgehead atoms. The largest absolute Gasteiger partial charge is 0.481 e. The summed E-state index contributed by atoms with van der Waals surface area (Å²) in [4.78, 5) is 33.7. The molecule has 3 N–H and O–H groups in total. The van der Waals surface area contributed by atoms with Crippen LogP contribution in [0.25, 0.3) is 0 Å². The summed E-state index contributed by atoms with van der Waals surface area (Å²) in [7, 11) is 1.50. The summed E-state index contributed by atoms with van der Waals surface area (Å²) in [5, 5.41) is 13.9. The van der Waals surface area contributed by atoms with Gasteiger partial charge in [0.05, 0.1) is 5.92 Å². The summed E-state index contributed by atoms with van der Waals surface area (Å²) < 4.78 is 0. The number of carboxylic acid groups (broad SMARTS) is 1. The molecule has 6 heteroatoms. The maximum atomic E-state index is 11.8. The summed E-state index contributed by atoms with van der Waals surface area (Å²) in [6, 6.07) is -0.587. The average molecular weight is 242 g/mol. The molecule has 1 rings (SSSR count). The lowest BCUT2D eigenvalue weighted by molar-refractivity contribution is -0.141. The van der Waals surface area contributed by atoms with Crippen molar-refractivity contribution in [1.29, 1.82) is 0 Å². The van der Waals surface area contributed by atoms with E-state index in [2.05, 4.69) is 10.6 Å². The van der Waals surface area contributed by atoms with Crippen molar-refractivity contribution in [2.75, 3.05) is 7.05 Å². The van der Waals surface area contributed by atoms with Gasteiger partial charge < -0.3 is 15.7 Å². The first-order valence-electron chi connectivity index (χ1n) is 5.70. The predicted molar refractivity (Wildman–Crippen MR) is 60.1 cm³/mol. The Kier molecular flexibility index (Phi) is 4.48. The predicted octanol–water partition coefficient (Wildman–Crippen LogP) is -0.262. The minimum atomic E-state index is -0.848. The maximum Gasteiger partial charge on any atom is 0.306 e. The van der Waals surface area contributed by atoms with Gasteiger partial charge in [0, 0.05) is 13.0 Å². The molecule has 1 aliphatic carbocycles. The normalized spacial score (nSPS) is 25.1. The molecule has 0 aromatic carbocycles. The molecule has 0 radical (unpaired) electrons. The van der Waals surface area contributed by atoms with E-state index in [1.165, 1.54) is 7.05 Å². The third-order valence-electron chi connectivity index (χ3n) is 3.15. The fourth-order valence-electron chi connectivity index (χ4n) is 2.06. The molecule has 17 heavy (non-hydrogen) atoms. The van der Waals surface area contributed by atoms with E-state index >= 15 is 0 Å². The van der Waals surface area contributed by atoms with Crippen LogP contribution in [-0.4, -0.2) is 36.0 Å². The van der Waals surface area contributed by atoms with Crippen LogP contribution in [0.15, 0.2) is 0 Å². The van der Waals surface area contributed by atoms with E-state index in [1.54, 1.807) is 6.92 Å². The van der Waals surface area contributed by atoms with E-state index in [0.717, 1.165) is 0 Å². The second-order valence-electron chi connectivity index (χ2n) is 4.39. The fourth-order valence-corrected chi connectivity index (χ4v) is 2.06. The van der Waals surface area contributed by atoms with Gasteiger partial charge >= 0.3 is 5.97 Å². The van der Waals surface area contributed by atoms with Crippen LogP contribution in [0.5, 0.6) is 0 Å². The van der Waals surface area contributed by atoms with Crippen LogP contribution in [0, 0.1) is 11.8 Å². The van der Waals surface area contributed by atoms with Crippen molar-refractivity contribution in [2.24, 2.45) is 11.8 Å². The van der Waals surface area contributed by atoms with Crippen LogP contribution in [0.2, 0.25) is 0 Å². The Balaban J connectivity index is 2.45. The maximum absolute atomic E-state index is 11.8. The van der Waals surface area contributed by atoms with Crippen molar-refractivity contribution in [1.82, 2.24) is 10.6 Å². The second-order valence-corrected chi connectivity index (χ2v) is 4.39. The third kappa shape index (κ3) is 3.44. The molecule has 3 atom stereocenters. The minimum absolute atomic E-state index is 0.232. The molecule has 0 aliphatic heterocycles. The van der Waals surface area contributed by atoms with Gasteiger partial charge in [-0.3, -0.25) is 14.4 Å². The van der Waals surface area contributed by atoms with Crippen molar-refractivity contribution >= 4 is 17.8 Å². The Morgan fingerprint density at radius 2 is 1.82 bits per heavy atom. The van der Waals surface area contributed by atoms with Gasteiger partial charge in [-0.15, -0.1) is 0 Å². The Morgan fingerprint density at radius 3 is 2.29 bits per heavy atom. The van der Waals surface area contributed by atoms with Crippen LogP contribution >= 0.6 is 0 Å².